The number of rotatable bonds is 3. The Morgan fingerprint density at radius 1 is 1.53 bits per heavy atom. The second kappa shape index (κ2) is 4.69. The lowest BCUT2D eigenvalue weighted by molar-refractivity contribution is -0.135. The lowest BCUT2D eigenvalue weighted by atomic mass is 10.4. The summed E-state index contributed by atoms with van der Waals surface area (Å²) in [5.41, 5.74) is 2.32. The van der Waals surface area contributed by atoms with E-state index in [0.717, 1.165) is 12.8 Å². The smallest absolute Gasteiger partial charge is 0.345 e. The number of hydrogen-bond acceptors (Lipinski definition) is 2. The van der Waals surface area contributed by atoms with Crippen LogP contribution in [0, 0.1) is 0 Å². The summed E-state index contributed by atoms with van der Waals surface area (Å²) in [5, 5.41) is 0. The summed E-state index contributed by atoms with van der Waals surface area (Å²) in [4.78, 5) is 5.53. The quantitative estimate of drug-likeness (QED) is 0.323. The van der Waals surface area contributed by atoms with Gasteiger partial charge in [-0.3, -0.25) is 5.43 Å². The van der Waals surface area contributed by atoms with Crippen molar-refractivity contribution in [3.8, 4) is 0 Å². The molecule has 0 spiro atoms. The summed E-state index contributed by atoms with van der Waals surface area (Å²) in [7, 11) is 1.53. The molecule has 3 N–H and O–H groups in total. The summed E-state index contributed by atoms with van der Waals surface area (Å²) in [5.74, 6) is 5.51. The molecule has 1 saturated carbocycles. The van der Waals surface area contributed by atoms with Crippen molar-refractivity contribution < 1.29 is 13.2 Å². The average Bonchev–Trinajstić information content (AvgIpc) is 2.92. The second-order valence-corrected chi connectivity index (χ2v) is 3.61. The van der Waals surface area contributed by atoms with E-state index in [4.69, 9.17) is 5.84 Å². The molecule has 0 aromatic rings. The molecule has 0 aromatic heterocycles. The maximum absolute atomic E-state index is 11.9. The Balaban J connectivity index is 2.39. The van der Waals surface area contributed by atoms with Crippen LogP contribution in [0.1, 0.15) is 19.3 Å². The maximum atomic E-state index is 11.9. The van der Waals surface area contributed by atoms with Crippen LogP contribution < -0.4 is 11.3 Å². The molecule has 0 bridgehead atoms. The van der Waals surface area contributed by atoms with E-state index in [9.17, 15) is 13.2 Å². The van der Waals surface area contributed by atoms with Gasteiger partial charge in [0.15, 0.2) is 0 Å². The van der Waals surface area contributed by atoms with Crippen molar-refractivity contribution >= 4 is 5.96 Å². The fraction of sp³-hybridized carbons (Fsp3) is 0.875. The number of nitrogens with two attached hydrogens (primary N) is 1. The molecule has 0 aliphatic heterocycles. The highest BCUT2D eigenvalue weighted by Crippen LogP contribution is 2.24. The molecule has 1 aliphatic carbocycles. The third kappa shape index (κ3) is 4.87. The number of hydrazine groups is 1. The zero-order valence-electron chi connectivity index (χ0n) is 8.51. The van der Waals surface area contributed by atoms with E-state index in [1.165, 1.54) is 11.9 Å². The van der Waals surface area contributed by atoms with Crippen molar-refractivity contribution in [2.24, 2.45) is 10.8 Å². The zero-order valence-corrected chi connectivity index (χ0v) is 8.51. The van der Waals surface area contributed by atoms with Crippen LogP contribution in [0.25, 0.3) is 0 Å². The predicted octanol–water partition coefficient (Wildman–Crippen LogP) is 0.852. The van der Waals surface area contributed by atoms with Gasteiger partial charge in [0, 0.05) is 13.6 Å². The largest absolute Gasteiger partial charge is 0.390 e. The minimum atomic E-state index is -4.15. The number of alkyl halides is 3. The minimum Gasteiger partial charge on any atom is -0.345 e. The van der Waals surface area contributed by atoms with Gasteiger partial charge in [0.05, 0.1) is 12.5 Å². The van der Waals surface area contributed by atoms with Crippen LogP contribution in [0.15, 0.2) is 4.99 Å². The Morgan fingerprint density at radius 2 is 2.13 bits per heavy atom. The Morgan fingerprint density at radius 3 is 2.53 bits per heavy atom. The monoisotopic (exact) mass is 224 g/mol. The summed E-state index contributed by atoms with van der Waals surface area (Å²) in [6, 6.07) is 0.226. The number of aliphatic imine (C=N–C) groups is 1. The molecular weight excluding hydrogens is 209 g/mol. The lowest BCUT2D eigenvalue weighted by Crippen LogP contribution is -2.44. The molecule has 0 heterocycles. The predicted molar refractivity (Wildman–Crippen MR) is 51.1 cm³/mol. The molecule has 1 rings (SSSR count). The van der Waals surface area contributed by atoms with Gasteiger partial charge in [0.25, 0.3) is 0 Å². The van der Waals surface area contributed by atoms with Gasteiger partial charge in [-0.25, -0.2) is 10.8 Å². The fourth-order valence-corrected chi connectivity index (χ4v) is 1.02. The van der Waals surface area contributed by atoms with Crippen LogP contribution >= 0.6 is 0 Å². The van der Waals surface area contributed by atoms with Crippen molar-refractivity contribution in [1.29, 1.82) is 0 Å². The van der Waals surface area contributed by atoms with Gasteiger partial charge < -0.3 is 4.90 Å². The molecule has 1 fully saturated rings. The molecule has 88 valence electrons. The summed E-state index contributed by atoms with van der Waals surface area (Å²) >= 11 is 0. The topological polar surface area (TPSA) is 53.6 Å². The average molecular weight is 224 g/mol. The maximum Gasteiger partial charge on any atom is 0.390 e. The van der Waals surface area contributed by atoms with Gasteiger partial charge in [-0.15, -0.1) is 0 Å². The standard InChI is InChI=1S/C8H15F3N4/c1-15(5-4-8(9,10)11)7(14-12)13-6-2-3-6/h6H,2-5,12H2,1H3,(H,13,14). The van der Waals surface area contributed by atoms with E-state index in [2.05, 4.69) is 10.4 Å². The molecule has 0 unspecified atom stereocenters. The highest BCUT2D eigenvalue weighted by atomic mass is 19.4. The van der Waals surface area contributed by atoms with Gasteiger partial charge in [-0.05, 0) is 12.8 Å². The highest BCUT2D eigenvalue weighted by Gasteiger charge is 2.28. The van der Waals surface area contributed by atoms with Crippen molar-refractivity contribution in [2.45, 2.75) is 31.5 Å². The first-order chi connectivity index (χ1) is 6.92. The van der Waals surface area contributed by atoms with E-state index in [1.54, 1.807) is 0 Å². The minimum absolute atomic E-state index is 0.140. The summed E-state index contributed by atoms with van der Waals surface area (Å²) in [6.45, 7) is -0.140. The van der Waals surface area contributed by atoms with Gasteiger partial charge in [-0.1, -0.05) is 0 Å². The Labute approximate surface area is 86.3 Å². The molecule has 4 nitrogen and oxygen atoms in total. The third-order valence-electron chi connectivity index (χ3n) is 2.07. The third-order valence-corrected chi connectivity index (χ3v) is 2.07. The number of guanidine groups is 1. The van der Waals surface area contributed by atoms with Crippen LogP contribution in [-0.4, -0.2) is 36.7 Å². The van der Waals surface area contributed by atoms with Crippen LogP contribution in [0.4, 0.5) is 13.2 Å². The molecule has 0 atom stereocenters. The molecule has 7 heteroatoms. The van der Waals surface area contributed by atoms with Gasteiger partial charge in [0.2, 0.25) is 5.96 Å². The van der Waals surface area contributed by atoms with Gasteiger partial charge >= 0.3 is 6.18 Å². The van der Waals surface area contributed by atoms with Crippen molar-refractivity contribution in [3.63, 3.8) is 0 Å². The van der Waals surface area contributed by atoms with E-state index >= 15 is 0 Å². The number of nitrogens with zero attached hydrogens (tertiary/aromatic N) is 2. The van der Waals surface area contributed by atoms with E-state index < -0.39 is 12.6 Å². The molecule has 0 aromatic carbocycles. The normalized spacial score (nSPS) is 17.8. The second-order valence-electron chi connectivity index (χ2n) is 3.61. The van der Waals surface area contributed by atoms with Crippen molar-refractivity contribution in [1.82, 2.24) is 10.3 Å². The van der Waals surface area contributed by atoms with Crippen LogP contribution in [0.2, 0.25) is 0 Å². The fourth-order valence-electron chi connectivity index (χ4n) is 1.02. The summed E-state index contributed by atoms with van der Waals surface area (Å²) < 4.78 is 35.8. The van der Waals surface area contributed by atoms with Crippen LogP contribution in [0.3, 0.4) is 0 Å². The lowest BCUT2D eigenvalue weighted by Gasteiger charge is -2.21. The van der Waals surface area contributed by atoms with Gasteiger partial charge in [-0.2, -0.15) is 13.2 Å². The van der Waals surface area contributed by atoms with E-state index in [0.29, 0.717) is 5.96 Å². The van der Waals surface area contributed by atoms with Crippen LogP contribution in [-0.2, 0) is 0 Å². The van der Waals surface area contributed by atoms with Crippen LogP contribution in [0.5, 0.6) is 0 Å². The Hall–Kier alpha value is -0.980. The van der Waals surface area contributed by atoms with Crippen molar-refractivity contribution in [3.05, 3.63) is 0 Å². The molecule has 15 heavy (non-hydrogen) atoms. The van der Waals surface area contributed by atoms with E-state index in [1.807, 2.05) is 0 Å². The number of nitrogens with one attached hydrogen (secondary N) is 1. The Kier molecular flexibility index (Phi) is 3.78. The molecule has 0 amide bonds. The zero-order chi connectivity index (χ0) is 11.5. The number of hydrogen-bond donors (Lipinski definition) is 2. The molecule has 1 aliphatic rings. The first-order valence-electron chi connectivity index (χ1n) is 4.74. The Bertz CT molecular complexity index is 235. The summed E-state index contributed by atoms with van der Waals surface area (Å²) in [6.07, 6.45) is -3.04. The molecular formula is C8H15F3N4. The highest BCUT2D eigenvalue weighted by molar-refractivity contribution is 5.79. The first-order valence-corrected chi connectivity index (χ1v) is 4.74. The molecule has 0 saturated heterocycles. The van der Waals surface area contributed by atoms with Gasteiger partial charge in [0.1, 0.15) is 0 Å². The first kappa shape index (κ1) is 12.1. The number of halogens is 3. The van der Waals surface area contributed by atoms with E-state index in [-0.39, 0.29) is 12.6 Å². The SMILES string of the molecule is CN(CCC(F)(F)F)C(=NC1CC1)NN. The van der Waals surface area contributed by atoms with Crippen molar-refractivity contribution in [2.75, 3.05) is 13.6 Å². The molecule has 0 radical (unpaired) electrons.